The van der Waals surface area contributed by atoms with Crippen LogP contribution in [0.15, 0.2) is 83.1 Å². The molecule has 0 unspecified atom stereocenters. The molecule has 3 rings (SSSR count). The standard InChI is InChI=1S/C18H13Br/c19-18-13-16(14-7-3-1-4-8-14)11-12-17(18)15-9-5-2-6-10-15/h1-13H/i1D,2D,3D,4D,5D,6D,7D,8D,9D,10D. The monoisotopic (exact) mass is 318 g/mol. The van der Waals surface area contributed by atoms with E-state index in [4.69, 9.17) is 13.7 Å². The summed E-state index contributed by atoms with van der Waals surface area (Å²) in [4.78, 5) is 0. The highest BCUT2D eigenvalue weighted by Gasteiger charge is 2.04. The summed E-state index contributed by atoms with van der Waals surface area (Å²) in [6.45, 7) is 0. The summed E-state index contributed by atoms with van der Waals surface area (Å²) >= 11 is 3.33. The Morgan fingerprint density at radius 1 is 0.684 bits per heavy atom. The first-order chi connectivity index (χ1) is 13.5. The lowest BCUT2D eigenvalue weighted by Gasteiger charge is -2.08. The molecule has 0 N–H and O–H groups in total. The fourth-order valence-corrected chi connectivity index (χ4v) is 2.23. The summed E-state index contributed by atoms with van der Waals surface area (Å²) in [6.07, 6.45) is 0. The van der Waals surface area contributed by atoms with Crippen molar-refractivity contribution >= 4 is 15.9 Å². The summed E-state index contributed by atoms with van der Waals surface area (Å²) in [5, 5.41) is 0. The second-order valence-electron chi connectivity index (χ2n) is 3.69. The van der Waals surface area contributed by atoms with Gasteiger partial charge in [0.25, 0.3) is 0 Å². The SMILES string of the molecule is [2H]c1c([2H])c([2H])c(-c2ccc(-c3c([2H])c([2H])c([2H])c([2H])c3[2H])c(Br)c2)c([2H])c1[2H]. The van der Waals surface area contributed by atoms with Crippen molar-refractivity contribution in [3.8, 4) is 22.3 Å². The van der Waals surface area contributed by atoms with Gasteiger partial charge in [0, 0.05) is 4.47 Å². The van der Waals surface area contributed by atoms with E-state index in [1.54, 1.807) is 0 Å². The molecule has 19 heavy (non-hydrogen) atoms. The van der Waals surface area contributed by atoms with Crippen molar-refractivity contribution in [3.05, 3.63) is 83.1 Å². The quantitative estimate of drug-likeness (QED) is 0.561. The van der Waals surface area contributed by atoms with Gasteiger partial charge in [-0.25, -0.2) is 0 Å². The topological polar surface area (TPSA) is 0 Å². The molecule has 0 spiro atoms. The highest BCUT2D eigenvalue weighted by molar-refractivity contribution is 9.10. The van der Waals surface area contributed by atoms with Crippen LogP contribution in [-0.2, 0) is 0 Å². The van der Waals surface area contributed by atoms with Gasteiger partial charge >= 0.3 is 0 Å². The summed E-state index contributed by atoms with van der Waals surface area (Å²) in [5.74, 6) is 0. The van der Waals surface area contributed by atoms with Crippen molar-refractivity contribution in [3.63, 3.8) is 0 Å². The summed E-state index contributed by atoms with van der Waals surface area (Å²) in [5.41, 5.74) is 0.697. The normalized spacial score (nSPS) is 17.7. The van der Waals surface area contributed by atoms with E-state index < -0.39 is 36.3 Å². The molecule has 0 saturated carbocycles. The number of rotatable bonds is 2. The predicted octanol–water partition coefficient (Wildman–Crippen LogP) is 5.78. The molecular formula is C18H13Br. The zero-order valence-electron chi connectivity index (χ0n) is 19.6. The van der Waals surface area contributed by atoms with Crippen LogP contribution < -0.4 is 0 Å². The second kappa shape index (κ2) is 5.41. The Labute approximate surface area is 135 Å². The third-order valence-electron chi connectivity index (χ3n) is 2.53. The molecule has 3 aromatic carbocycles. The average molecular weight is 319 g/mol. The van der Waals surface area contributed by atoms with Gasteiger partial charge < -0.3 is 0 Å². The number of halogens is 1. The van der Waals surface area contributed by atoms with E-state index in [0.29, 0.717) is 15.6 Å². The first kappa shape index (κ1) is 5.26. The fraction of sp³-hybridized carbons (Fsp3) is 0. The first-order valence-corrected chi connectivity index (χ1v) is 6.22. The van der Waals surface area contributed by atoms with E-state index in [1.165, 1.54) is 18.2 Å². The minimum Gasteiger partial charge on any atom is -0.0622 e. The van der Waals surface area contributed by atoms with Crippen LogP contribution in [0.1, 0.15) is 13.7 Å². The molecule has 0 heterocycles. The molecule has 0 nitrogen and oxygen atoms in total. The van der Waals surface area contributed by atoms with E-state index in [2.05, 4.69) is 15.9 Å². The summed E-state index contributed by atoms with van der Waals surface area (Å²) in [7, 11) is 0. The first-order valence-electron chi connectivity index (χ1n) is 10.4. The van der Waals surface area contributed by atoms with Gasteiger partial charge in [0.1, 0.15) is 0 Å². The van der Waals surface area contributed by atoms with Crippen molar-refractivity contribution in [2.75, 3.05) is 0 Å². The molecular weight excluding hydrogens is 296 g/mol. The lowest BCUT2D eigenvalue weighted by atomic mass is 10.0. The lowest BCUT2D eigenvalue weighted by Crippen LogP contribution is -1.82. The van der Waals surface area contributed by atoms with Gasteiger partial charge in [-0.05, 0) is 28.3 Å². The zero-order valence-corrected chi connectivity index (χ0v) is 11.2. The van der Waals surface area contributed by atoms with Gasteiger partial charge in [-0.15, -0.1) is 0 Å². The largest absolute Gasteiger partial charge is 0.0629 e. The van der Waals surface area contributed by atoms with Crippen molar-refractivity contribution in [2.45, 2.75) is 0 Å². The molecule has 0 atom stereocenters. The van der Waals surface area contributed by atoms with E-state index in [1.807, 2.05) is 0 Å². The minimum atomic E-state index is -0.490. The molecule has 0 aromatic heterocycles. The maximum absolute atomic E-state index is 8.11. The molecule has 92 valence electrons. The Kier molecular flexibility index (Phi) is 1.50. The van der Waals surface area contributed by atoms with Crippen molar-refractivity contribution in [2.24, 2.45) is 0 Å². The van der Waals surface area contributed by atoms with Crippen molar-refractivity contribution < 1.29 is 13.7 Å². The Morgan fingerprint density at radius 3 is 1.84 bits per heavy atom. The van der Waals surface area contributed by atoms with E-state index >= 15 is 0 Å². The molecule has 0 aliphatic rings. The van der Waals surface area contributed by atoms with Crippen LogP contribution in [0.2, 0.25) is 0 Å². The van der Waals surface area contributed by atoms with Gasteiger partial charge in [0.2, 0.25) is 0 Å². The summed E-state index contributed by atoms with van der Waals surface area (Å²) < 4.78 is 79.4. The molecule has 0 amide bonds. The van der Waals surface area contributed by atoms with Gasteiger partial charge in [0.15, 0.2) is 0 Å². The number of hydrogen-bond donors (Lipinski definition) is 0. The van der Waals surface area contributed by atoms with Crippen molar-refractivity contribution in [1.29, 1.82) is 0 Å². The van der Waals surface area contributed by atoms with Gasteiger partial charge in [-0.2, -0.15) is 0 Å². The molecule has 0 aliphatic carbocycles. The van der Waals surface area contributed by atoms with Crippen LogP contribution in [0.25, 0.3) is 22.3 Å². The highest BCUT2D eigenvalue weighted by Crippen LogP contribution is 2.32. The van der Waals surface area contributed by atoms with E-state index in [0.717, 1.165) is 0 Å². The van der Waals surface area contributed by atoms with Crippen LogP contribution in [0.4, 0.5) is 0 Å². The van der Waals surface area contributed by atoms with Crippen molar-refractivity contribution in [1.82, 2.24) is 0 Å². The average Bonchev–Trinajstić information content (AvgIpc) is 2.69. The Balaban J connectivity index is 2.26. The molecule has 0 radical (unpaired) electrons. The third kappa shape index (κ3) is 2.61. The second-order valence-corrected chi connectivity index (χ2v) is 4.55. The lowest BCUT2D eigenvalue weighted by molar-refractivity contribution is 1.56. The van der Waals surface area contributed by atoms with Crippen LogP contribution in [0, 0.1) is 0 Å². The van der Waals surface area contributed by atoms with E-state index in [9.17, 15) is 0 Å². The Morgan fingerprint density at radius 2 is 1.26 bits per heavy atom. The zero-order chi connectivity index (χ0) is 21.8. The van der Waals surface area contributed by atoms with Gasteiger partial charge in [-0.3, -0.25) is 0 Å². The summed E-state index contributed by atoms with van der Waals surface area (Å²) in [6, 6.07) is 0.293. The smallest absolute Gasteiger partial charge is 0.0622 e. The minimum absolute atomic E-state index is 0.00971. The number of hydrogen-bond acceptors (Lipinski definition) is 0. The van der Waals surface area contributed by atoms with Crippen LogP contribution in [0.3, 0.4) is 0 Å². The maximum atomic E-state index is 8.11. The highest BCUT2D eigenvalue weighted by atomic mass is 79.9. The van der Waals surface area contributed by atoms with Gasteiger partial charge in [-0.1, -0.05) is 88.5 Å². The molecule has 0 bridgehead atoms. The van der Waals surface area contributed by atoms with Crippen LogP contribution in [-0.4, -0.2) is 0 Å². The number of benzene rings is 3. The Hall–Kier alpha value is -1.86. The fourth-order valence-electron chi connectivity index (χ4n) is 1.65. The predicted molar refractivity (Wildman–Crippen MR) is 85.0 cm³/mol. The third-order valence-corrected chi connectivity index (χ3v) is 3.18. The van der Waals surface area contributed by atoms with Crippen LogP contribution in [0.5, 0.6) is 0 Å². The van der Waals surface area contributed by atoms with E-state index in [-0.39, 0.29) is 35.3 Å². The maximum Gasteiger partial charge on any atom is 0.0629 e. The van der Waals surface area contributed by atoms with Gasteiger partial charge in [0.05, 0.1) is 13.7 Å². The molecule has 0 fully saturated rings. The van der Waals surface area contributed by atoms with Crippen LogP contribution >= 0.6 is 15.9 Å². The molecule has 0 aliphatic heterocycles. The molecule has 3 aromatic rings. The molecule has 0 saturated heterocycles. The molecule has 1 heteroatoms. The Bertz CT molecular complexity index is 1110.